The summed E-state index contributed by atoms with van der Waals surface area (Å²) >= 11 is 0. The predicted octanol–water partition coefficient (Wildman–Crippen LogP) is 2.34. The molecule has 0 amide bonds. The molecule has 16 heavy (non-hydrogen) atoms. The molecule has 0 saturated heterocycles. The number of hydrogen-bond acceptors (Lipinski definition) is 2. The van der Waals surface area contributed by atoms with Gasteiger partial charge in [-0.25, -0.2) is 12.8 Å². The molecule has 1 aromatic rings. The molecule has 90 valence electrons. The van der Waals surface area contributed by atoms with E-state index < -0.39 is 10.0 Å². The molecular formula is C11H16FNO2S. The molecule has 5 heteroatoms. The fraction of sp³-hybridized carbons (Fsp3) is 0.455. The number of halogens is 1. The van der Waals surface area contributed by atoms with Crippen molar-refractivity contribution in [1.29, 1.82) is 0 Å². The summed E-state index contributed by atoms with van der Waals surface area (Å²) in [5.74, 6) is -0.288. The van der Waals surface area contributed by atoms with Gasteiger partial charge in [0, 0.05) is 7.05 Å². The average molecular weight is 245 g/mol. The molecule has 0 aliphatic heterocycles. The minimum atomic E-state index is -3.31. The van der Waals surface area contributed by atoms with Gasteiger partial charge in [0.2, 0.25) is 10.0 Å². The van der Waals surface area contributed by atoms with Crippen LogP contribution in [0.2, 0.25) is 0 Å². The maximum atomic E-state index is 13.1. The highest BCUT2D eigenvalue weighted by molar-refractivity contribution is 7.92. The van der Waals surface area contributed by atoms with E-state index in [1.165, 1.54) is 29.6 Å². The van der Waals surface area contributed by atoms with Crippen LogP contribution < -0.4 is 4.31 Å². The molecule has 0 aliphatic carbocycles. The van der Waals surface area contributed by atoms with Crippen LogP contribution in [0, 0.1) is 5.82 Å². The van der Waals surface area contributed by atoms with Gasteiger partial charge < -0.3 is 0 Å². The highest BCUT2D eigenvalue weighted by Gasteiger charge is 2.17. The van der Waals surface area contributed by atoms with E-state index >= 15 is 0 Å². The Hall–Kier alpha value is -1.10. The van der Waals surface area contributed by atoms with Crippen molar-refractivity contribution >= 4 is 15.7 Å². The number of sulfonamides is 1. The molecule has 0 unspecified atom stereocenters. The van der Waals surface area contributed by atoms with E-state index in [0.717, 1.165) is 6.26 Å². The van der Waals surface area contributed by atoms with Gasteiger partial charge in [-0.3, -0.25) is 4.31 Å². The van der Waals surface area contributed by atoms with Crippen LogP contribution in [0.25, 0.3) is 0 Å². The van der Waals surface area contributed by atoms with E-state index in [2.05, 4.69) is 0 Å². The van der Waals surface area contributed by atoms with Gasteiger partial charge in [-0.2, -0.15) is 0 Å². The van der Waals surface area contributed by atoms with Crippen molar-refractivity contribution in [3.8, 4) is 0 Å². The van der Waals surface area contributed by atoms with Gasteiger partial charge in [0.1, 0.15) is 5.82 Å². The molecule has 0 heterocycles. The molecule has 0 radical (unpaired) electrons. The van der Waals surface area contributed by atoms with Crippen molar-refractivity contribution in [3.63, 3.8) is 0 Å². The molecule has 0 atom stereocenters. The lowest BCUT2D eigenvalue weighted by Gasteiger charge is -2.21. The Morgan fingerprint density at radius 1 is 1.31 bits per heavy atom. The highest BCUT2D eigenvalue weighted by atomic mass is 32.2. The van der Waals surface area contributed by atoms with Crippen LogP contribution in [-0.2, 0) is 10.0 Å². The van der Waals surface area contributed by atoms with Crippen molar-refractivity contribution in [2.24, 2.45) is 0 Å². The van der Waals surface area contributed by atoms with E-state index in [-0.39, 0.29) is 11.7 Å². The molecule has 0 saturated carbocycles. The van der Waals surface area contributed by atoms with Crippen molar-refractivity contribution in [3.05, 3.63) is 29.6 Å². The van der Waals surface area contributed by atoms with Crippen molar-refractivity contribution in [1.82, 2.24) is 0 Å². The predicted molar refractivity (Wildman–Crippen MR) is 63.7 cm³/mol. The Morgan fingerprint density at radius 3 is 2.31 bits per heavy atom. The van der Waals surface area contributed by atoms with Gasteiger partial charge in [-0.05, 0) is 29.7 Å². The lowest BCUT2D eigenvalue weighted by Crippen LogP contribution is -2.26. The molecular weight excluding hydrogens is 229 g/mol. The Morgan fingerprint density at radius 2 is 1.88 bits per heavy atom. The quantitative estimate of drug-likeness (QED) is 0.819. The van der Waals surface area contributed by atoms with Gasteiger partial charge in [-0.15, -0.1) is 0 Å². The number of benzene rings is 1. The van der Waals surface area contributed by atoms with Crippen LogP contribution >= 0.6 is 0 Å². The summed E-state index contributed by atoms with van der Waals surface area (Å²) in [6, 6.07) is 4.14. The topological polar surface area (TPSA) is 37.4 Å². The van der Waals surface area contributed by atoms with Crippen molar-refractivity contribution < 1.29 is 12.8 Å². The van der Waals surface area contributed by atoms with Crippen molar-refractivity contribution in [2.75, 3.05) is 17.6 Å². The first-order chi connectivity index (χ1) is 7.23. The number of anilines is 1. The Labute approximate surface area is 95.9 Å². The third kappa shape index (κ3) is 2.72. The summed E-state index contributed by atoms with van der Waals surface area (Å²) in [6.45, 7) is 3.79. The summed E-state index contributed by atoms with van der Waals surface area (Å²) in [6.07, 6.45) is 1.13. The van der Waals surface area contributed by atoms with Crippen LogP contribution in [-0.4, -0.2) is 21.7 Å². The molecule has 0 fully saturated rings. The van der Waals surface area contributed by atoms with Crippen molar-refractivity contribution in [2.45, 2.75) is 19.8 Å². The molecule has 0 aliphatic rings. The van der Waals surface area contributed by atoms with E-state index in [9.17, 15) is 12.8 Å². The van der Waals surface area contributed by atoms with E-state index in [1.54, 1.807) is 0 Å². The first-order valence-electron chi connectivity index (χ1n) is 4.97. The zero-order valence-corrected chi connectivity index (χ0v) is 10.7. The zero-order chi connectivity index (χ0) is 12.5. The second kappa shape index (κ2) is 4.41. The summed E-state index contributed by atoms with van der Waals surface area (Å²) in [5.41, 5.74) is 1.21. The Bertz CT molecular complexity index is 483. The summed E-state index contributed by atoms with van der Waals surface area (Å²) < 4.78 is 37.1. The van der Waals surface area contributed by atoms with Gasteiger partial charge in [-0.1, -0.05) is 13.8 Å². The number of rotatable bonds is 3. The Balaban J connectivity index is 3.34. The third-order valence-electron chi connectivity index (χ3n) is 2.45. The summed E-state index contributed by atoms with van der Waals surface area (Å²) in [4.78, 5) is 0. The van der Waals surface area contributed by atoms with Crippen LogP contribution in [0.15, 0.2) is 18.2 Å². The minimum absolute atomic E-state index is 0.0647. The Kier molecular flexibility index (Phi) is 3.57. The van der Waals surface area contributed by atoms with Crippen LogP contribution in [0.3, 0.4) is 0 Å². The van der Waals surface area contributed by atoms with Gasteiger partial charge in [0.25, 0.3) is 0 Å². The lowest BCUT2D eigenvalue weighted by molar-refractivity contribution is 0.599. The van der Waals surface area contributed by atoms with Crippen LogP contribution in [0.4, 0.5) is 10.1 Å². The lowest BCUT2D eigenvalue weighted by atomic mass is 10.0. The number of hydrogen-bond donors (Lipinski definition) is 0. The fourth-order valence-corrected chi connectivity index (χ4v) is 1.98. The maximum absolute atomic E-state index is 13.1. The standard InChI is InChI=1S/C11H16FNO2S/c1-8(2)10-7-9(12)5-6-11(10)13(3)16(4,14)15/h5-8H,1-4H3. The molecule has 3 nitrogen and oxygen atoms in total. The highest BCUT2D eigenvalue weighted by Crippen LogP contribution is 2.28. The summed E-state index contributed by atoms with van der Waals surface area (Å²) in [5, 5.41) is 0. The van der Waals surface area contributed by atoms with Gasteiger partial charge in [0.05, 0.1) is 11.9 Å². The molecule has 0 aromatic heterocycles. The monoisotopic (exact) mass is 245 g/mol. The molecule has 1 rings (SSSR count). The molecule has 0 bridgehead atoms. The molecule has 1 aromatic carbocycles. The molecule has 0 spiro atoms. The third-order valence-corrected chi connectivity index (χ3v) is 3.64. The first-order valence-corrected chi connectivity index (χ1v) is 6.81. The second-order valence-electron chi connectivity index (χ2n) is 4.09. The SMILES string of the molecule is CC(C)c1cc(F)ccc1N(C)S(C)(=O)=O. The van der Waals surface area contributed by atoms with Crippen LogP contribution in [0.1, 0.15) is 25.3 Å². The van der Waals surface area contributed by atoms with E-state index in [1.807, 2.05) is 13.8 Å². The van der Waals surface area contributed by atoms with E-state index in [0.29, 0.717) is 11.3 Å². The minimum Gasteiger partial charge on any atom is -0.273 e. The van der Waals surface area contributed by atoms with E-state index in [4.69, 9.17) is 0 Å². The average Bonchev–Trinajstić information content (AvgIpc) is 2.15. The molecule has 0 N–H and O–H groups in total. The second-order valence-corrected chi connectivity index (χ2v) is 6.10. The normalized spacial score (nSPS) is 11.9. The number of nitrogens with zero attached hydrogens (tertiary/aromatic N) is 1. The smallest absolute Gasteiger partial charge is 0.232 e. The first kappa shape index (κ1) is 13.0. The zero-order valence-electron chi connectivity index (χ0n) is 9.86. The summed E-state index contributed by atoms with van der Waals surface area (Å²) in [7, 11) is -1.85. The van der Waals surface area contributed by atoms with Gasteiger partial charge >= 0.3 is 0 Å². The van der Waals surface area contributed by atoms with Gasteiger partial charge in [0.15, 0.2) is 0 Å². The largest absolute Gasteiger partial charge is 0.273 e. The van der Waals surface area contributed by atoms with Crippen LogP contribution in [0.5, 0.6) is 0 Å². The fourth-order valence-electron chi connectivity index (χ4n) is 1.45. The maximum Gasteiger partial charge on any atom is 0.232 e.